The first-order chi connectivity index (χ1) is 13.6. The van der Waals surface area contributed by atoms with E-state index in [0.717, 1.165) is 15.6 Å². The van der Waals surface area contributed by atoms with Gasteiger partial charge < -0.3 is 10.6 Å². The van der Waals surface area contributed by atoms with Gasteiger partial charge in [-0.3, -0.25) is 0 Å². The van der Waals surface area contributed by atoms with Crippen LogP contribution in [0.2, 0.25) is 0 Å². The molecule has 0 fully saturated rings. The summed E-state index contributed by atoms with van der Waals surface area (Å²) in [7, 11) is 0. The third kappa shape index (κ3) is 4.16. The highest BCUT2D eigenvalue weighted by Crippen LogP contribution is 2.30. The largest absolute Gasteiger partial charge is 0.435 e. The predicted octanol–water partition coefficient (Wildman–Crippen LogP) is 4.74. The van der Waals surface area contributed by atoms with E-state index >= 15 is 0 Å². The Balaban J connectivity index is 1.44. The van der Waals surface area contributed by atoms with Crippen LogP contribution in [0.15, 0.2) is 52.3 Å². The molecule has 4 aromatic rings. The molecule has 0 unspecified atom stereocenters. The Bertz CT molecular complexity index is 1050. The van der Waals surface area contributed by atoms with Gasteiger partial charge in [-0.2, -0.15) is 8.78 Å². The summed E-state index contributed by atoms with van der Waals surface area (Å²) >= 11 is 4.68. The van der Waals surface area contributed by atoms with Crippen molar-refractivity contribution >= 4 is 34.4 Å². The van der Waals surface area contributed by atoms with Gasteiger partial charge in [0.15, 0.2) is 5.82 Å². The van der Waals surface area contributed by atoms with Gasteiger partial charge in [-0.15, -0.1) is 32.9 Å². The number of benzene rings is 1. The molecule has 2 N–H and O–H groups in total. The van der Waals surface area contributed by atoms with E-state index in [-0.39, 0.29) is 5.75 Å². The van der Waals surface area contributed by atoms with Crippen molar-refractivity contribution in [3.8, 4) is 27.0 Å². The average Bonchev–Trinajstić information content (AvgIpc) is 3.41. The Hall–Kier alpha value is -2.50. The standard InChI is InChI=1S/C17H13F2N5OS3/c18-16(19)25-12-5-3-10(4-6-12)14-22-23-17(24(14)20)28-9-11-8-27-15(21-11)13-2-1-7-26-13/h1-8,16H,9,20H2. The molecule has 3 aromatic heterocycles. The first kappa shape index (κ1) is 18.8. The highest BCUT2D eigenvalue weighted by molar-refractivity contribution is 7.98. The highest BCUT2D eigenvalue weighted by Gasteiger charge is 2.14. The van der Waals surface area contributed by atoms with Crippen LogP contribution in [0.5, 0.6) is 5.75 Å². The van der Waals surface area contributed by atoms with E-state index in [1.807, 2.05) is 22.9 Å². The van der Waals surface area contributed by atoms with Crippen LogP contribution in [0.25, 0.3) is 21.3 Å². The van der Waals surface area contributed by atoms with Gasteiger partial charge in [0.1, 0.15) is 10.8 Å². The zero-order valence-corrected chi connectivity index (χ0v) is 16.6. The number of nitrogens with two attached hydrogens (primary N) is 1. The Kier molecular flexibility index (Phi) is 5.55. The topological polar surface area (TPSA) is 78.9 Å². The molecule has 0 spiro atoms. The normalized spacial score (nSPS) is 11.2. The summed E-state index contributed by atoms with van der Waals surface area (Å²) < 4.78 is 30.2. The Morgan fingerprint density at radius 3 is 2.68 bits per heavy atom. The van der Waals surface area contributed by atoms with Crippen molar-refractivity contribution in [3.05, 3.63) is 52.9 Å². The maximum atomic E-state index is 12.2. The number of hydrogen-bond donors (Lipinski definition) is 1. The van der Waals surface area contributed by atoms with Crippen molar-refractivity contribution in [1.82, 2.24) is 19.9 Å². The monoisotopic (exact) mass is 437 g/mol. The minimum absolute atomic E-state index is 0.0708. The first-order valence-corrected chi connectivity index (χ1v) is 10.7. The molecule has 0 aliphatic carbocycles. The van der Waals surface area contributed by atoms with E-state index in [0.29, 0.717) is 22.3 Å². The van der Waals surface area contributed by atoms with E-state index in [2.05, 4.69) is 19.9 Å². The number of thiophene rings is 1. The maximum Gasteiger partial charge on any atom is 0.387 e. The molecular formula is C17H13F2N5OS3. The first-order valence-electron chi connectivity index (χ1n) is 7.97. The van der Waals surface area contributed by atoms with Crippen LogP contribution in [0.4, 0.5) is 8.78 Å². The third-order valence-electron chi connectivity index (χ3n) is 3.64. The molecule has 0 aliphatic rings. The number of rotatable bonds is 7. The lowest BCUT2D eigenvalue weighted by Gasteiger charge is -2.06. The van der Waals surface area contributed by atoms with Gasteiger partial charge >= 0.3 is 6.61 Å². The molecule has 1 aromatic carbocycles. The molecule has 144 valence electrons. The summed E-state index contributed by atoms with van der Waals surface area (Å²) in [5.74, 6) is 7.22. The molecule has 0 atom stereocenters. The lowest BCUT2D eigenvalue weighted by molar-refractivity contribution is -0.0498. The number of nitrogens with zero attached hydrogens (tertiary/aromatic N) is 4. The number of ether oxygens (including phenoxy) is 1. The predicted molar refractivity (Wildman–Crippen MR) is 107 cm³/mol. The van der Waals surface area contributed by atoms with Gasteiger partial charge in [0, 0.05) is 16.7 Å². The van der Waals surface area contributed by atoms with Gasteiger partial charge in [0.25, 0.3) is 0 Å². The molecule has 6 nitrogen and oxygen atoms in total. The van der Waals surface area contributed by atoms with Crippen molar-refractivity contribution in [2.75, 3.05) is 5.84 Å². The third-order valence-corrected chi connectivity index (χ3v) is 6.54. The van der Waals surface area contributed by atoms with Crippen molar-refractivity contribution in [1.29, 1.82) is 0 Å². The highest BCUT2D eigenvalue weighted by atomic mass is 32.2. The lowest BCUT2D eigenvalue weighted by atomic mass is 10.2. The number of aromatic nitrogens is 4. The second-order valence-electron chi connectivity index (χ2n) is 5.49. The quantitative estimate of drug-likeness (QED) is 0.332. The van der Waals surface area contributed by atoms with Gasteiger partial charge in [-0.05, 0) is 35.7 Å². The minimum Gasteiger partial charge on any atom is -0.435 e. The molecule has 0 amide bonds. The number of thiazole rings is 1. The van der Waals surface area contributed by atoms with E-state index in [1.54, 1.807) is 34.8 Å². The zero-order valence-electron chi connectivity index (χ0n) is 14.2. The van der Waals surface area contributed by atoms with Gasteiger partial charge in [-0.25, -0.2) is 9.66 Å². The Morgan fingerprint density at radius 2 is 1.96 bits per heavy atom. The molecule has 0 aliphatic heterocycles. The van der Waals surface area contributed by atoms with Gasteiger partial charge in [0.2, 0.25) is 5.16 Å². The van der Waals surface area contributed by atoms with Crippen LogP contribution < -0.4 is 10.6 Å². The van der Waals surface area contributed by atoms with Crippen LogP contribution in [0.1, 0.15) is 5.69 Å². The molecule has 28 heavy (non-hydrogen) atoms. The summed E-state index contributed by atoms with van der Waals surface area (Å²) in [5, 5.41) is 13.8. The fourth-order valence-electron chi connectivity index (χ4n) is 2.38. The van der Waals surface area contributed by atoms with Crippen molar-refractivity contribution in [2.24, 2.45) is 0 Å². The van der Waals surface area contributed by atoms with Crippen LogP contribution in [0, 0.1) is 0 Å². The number of halogens is 2. The van der Waals surface area contributed by atoms with Crippen LogP contribution >= 0.6 is 34.4 Å². The molecule has 0 saturated carbocycles. The second-order valence-corrected chi connectivity index (χ2v) is 8.24. The summed E-state index contributed by atoms with van der Waals surface area (Å²) in [6.07, 6.45) is 0. The zero-order chi connectivity index (χ0) is 19.5. The lowest BCUT2D eigenvalue weighted by Crippen LogP contribution is -2.11. The van der Waals surface area contributed by atoms with E-state index < -0.39 is 6.61 Å². The van der Waals surface area contributed by atoms with Crippen molar-refractivity contribution in [2.45, 2.75) is 17.5 Å². The summed E-state index contributed by atoms with van der Waals surface area (Å²) in [5.41, 5.74) is 1.59. The van der Waals surface area contributed by atoms with Crippen LogP contribution in [0.3, 0.4) is 0 Å². The van der Waals surface area contributed by atoms with E-state index in [1.165, 1.54) is 28.6 Å². The molecule has 11 heteroatoms. The molecular weight excluding hydrogens is 424 g/mol. The fraction of sp³-hybridized carbons (Fsp3) is 0.118. The van der Waals surface area contributed by atoms with E-state index in [9.17, 15) is 8.78 Å². The fourth-order valence-corrected chi connectivity index (χ4v) is 4.87. The maximum absolute atomic E-state index is 12.2. The second kappa shape index (κ2) is 8.25. The van der Waals surface area contributed by atoms with Crippen LogP contribution in [-0.2, 0) is 5.75 Å². The summed E-state index contributed by atoms with van der Waals surface area (Å²) in [4.78, 5) is 5.77. The van der Waals surface area contributed by atoms with Crippen LogP contribution in [-0.4, -0.2) is 26.5 Å². The van der Waals surface area contributed by atoms with Crippen molar-refractivity contribution < 1.29 is 13.5 Å². The van der Waals surface area contributed by atoms with Crippen molar-refractivity contribution in [3.63, 3.8) is 0 Å². The minimum atomic E-state index is -2.86. The Labute approximate surface area is 171 Å². The van der Waals surface area contributed by atoms with Gasteiger partial charge in [-0.1, -0.05) is 17.8 Å². The van der Waals surface area contributed by atoms with E-state index in [4.69, 9.17) is 5.84 Å². The Morgan fingerprint density at radius 1 is 1.14 bits per heavy atom. The summed E-state index contributed by atoms with van der Waals surface area (Å²) in [6.45, 7) is -2.86. The molecule has 4 rings (SSSR count). The SMILES string of the molecule is Nn1c(SCc2csc(-c3cccs3)n2)nnc1-c1ccc(OC(F)F)cc1. The number of hydrogen-bond acceptors (Lipinski definition) is 8. The molecule has 0 saturated heterocycles. The number of alkyl halides is 2. The smallest absolute Gasteiger partial charge is 0.387 e. The van der Waals surface area contributed by atoms with Gasteiger partial charge in [0.05, 0.1) is 10.6 Å². The molecule has 0 bridgehead atoms. The molecule has 3 heterocycles. The number of nitrogen functional groups attached to an aromatic ring is 1. The average molecular weight is 438 g/mol. The number of thioether (sulfide) groups is 1. The summed E-state index contributed by atoms with van der Waals surface area (Å²) in [6, 6.07) is 10.1. The molecule has 0 radical (unpaired) electrons.